The van der Waals surface area contributed by atoms with Crippen molar-refractivity contribution in [3.63, 3.8) is 0 Å². The highest BCUT2D eigenvalue weighted by Gasteiger charge is 2.35. The summed E-state index contributed by atoms with van der Waals surface area (Å²) in [7, 11) is -3.16. The smallest absolute Gasteiger partial charge is 0.235 e. The number of hydrogen-bond donors (Lipinski definition) is 2. The van der Waals surface area contributed by atoms with Gasteiger partial charge in [0.25, 0.3) is 0 Å². The molecule has 0 spiro atoms. The Morgan fingerprint density at radius 2 is 2.00 bits per heavy atom. The number of rotatable bonds is 3. The molecule has 0 radical (unpaired) electrons. The molecule has 1 saturated carbocycles. The van der Waals surface area contributed by atoms with Gasteiger partial charge in [-0.05, 0) is 31.0 Å². The molecule has 3 N–H and O–H groups in total. The summed E-state index contributed by atoms with van der Waals surface area (Å²) >= 11 is 0. The monoisotopic (exact) mass is 248 g/mol. The van der Waals surface area contributed by atoms with Gasteiger partial charge < -0.3 is 5.73 Å². The van der Waals surface area contributed by atoms with Crippen molar-refractivity contribution in [3.8, 4) is 0 Å². The maximum absolute atomic E-state index is 11.5. The SMILES string of the molecule is Cl.Nc1cccc(NS(=O)(=O)C2CC2)c1. The Balaban J connectivity index is 0.00000112. The first-order valence-electron chi connectivity index (χ1n) is 4.45. The summed E-state index contributed by atoms with van der Waals surface area (Å²) in [5.74, 6) is 0. The number of nitrogen functional groups attached to an aromatic ring is 1. The maximum atomic E-state index is 11.5. The van der Waals surface area contributed by atoms with E-state index in [0.717, 1.165) is 12.8 Å². The first kappa shape index (κ1) is 12.1. The van der Waals surface area contributed by atoms with Gasteiger partial charge in [0.05, 0.1) is 10.9 Å². The predicted molar refractivity (Wildman–Crippen MR) is 63.7 cm³/mol. The molecule has 1 aromatic rings. The Morgan fingerprint density at radius 3 is 2.53 bits per heavy atom. The maximum Gasteiger partial charge on any atom is 0.235 e. The largest absolute Gasteiger partial charge is 0.399 e. The molecule has 0 bridgehead atoms. The highest BCUT2D eigenvalue weighted by molar-refractivity contribution is 7.93. The fourth-order valence-electron chi connectivity index (χ4n) is 1.23. The van der Waals surface area contributed by atoms with Crippen molar-refractivity contribution in [1.82, 2.24) is 0 Å². The number of nitrogens with one attached hydrogen (secondary N) is 1. The molecule has 1 fully saturated rings. The Kier molecular flexibility index (Phi) is 3.46. The van der Waals surface area contributed by atoms with E-state index in [1.807, 2.05) is 0 Å². The van der Waals surface area contributed by atoms with Crippen molar-refractivity contribution in [2.45, 2.75) is 18.1 Å². The molecule has 1 aliphatic carbocycles. The standard InChI is InChI=1S/C9H12N2O2S.ClH/c10-7-2-1-3-8(6-7)11-14(12,13)9-4-5-9;/h1-3,6,9,11H,4-5,10H2;1H. The molecule has 2 rings (SSSR count). The van der Waals surface area contributed by atoms with Gasteiger partial charge in [0, 0.05) is 5.69 Å². The van der Waals surface area contributed by atoms with Gasteiger partial charge in [-0.3, -0.25) is 4.72 Å². The molecule has 1 aromatic carbocycles. The van der Waals surface area contributed by atoms with Gasteiger partial charge in [-0.2, -0.15) is 0 Å². The van der Waals surface area contributed by atoms with Gasteiger partial charge in [-0.1, -0.05) is 6.07 Å². The van der Waals surface area contributed by atoms with Crippen LogP contribution in [0, 0.1) is 0 Å². The summed E-state index contributed by atoms with van der Waals surface area (Å²) < 4.78 is 25.6. The van der Waals surface area contributed by atoms with E-state index >= 15 is 0 Å². The first-order chi connectivity index (χ1) is 6.58. The first-order valence-corrected chi connectivity index (χ1v) is 6.00. The molecule has 1 aliphatic rings. The van der Waals surface area contributed by atoms with Gasteiger partial charge in [-0.25, -0.2) is 8.42 Å². The van der Waals surface area contributed by atoms with E-state index in [1.165, 1.54) is 0 Å². The third kappa shape index (κ3) is 3.00. The van der Waals surface area contributed by atoms with Gasteiger partial charge in [0.2, 0.25) is 10.0 Å². The zero-order chi connectivity index (χ0) is 10.2. The lowest BCUT2D eigenvalue weighted by molar-refractivity contribution is 0.600. The minimum Gasteiger partial charge on any atom is -0.399 e. The van der Waals surface area contributed by atoms with E-state index in [9.17, 15) is 8.42 Å². The lowest BCUT2D eigenvalue weighted by atomic mass is 10.3. The van der Waals surface area contributed by atoms with Crippen LogP contribution in [0.15, 0.2) is 24.3 Å². The summed E-state index contributed by atoms with van der Waals surface area (Å²) in [5.41, 5.74) is 6.63. The normalized spacial score (nSPS) is 15.5. The average molecular weight is 249 g/mol. The Hall–Kier alpha value is -0.940. The Morgan fingerprint density at radius 1 is 1.33 bits per heavy atom. The molecule has 0 atom stereocenters. The fourth-order valence-corrected chi connectivity index (χ4v) is 2.61. The van der Waals surface area contributed by atoms with Crippen LogP contribution >= 0.6 is 12.4 Å². The lowest BCUT2D eigenvalue weighted by Gasteiger charge is -2.06. The van der Waals surface area contributed by atoms with E-state index in [0.29, 0.717) is 11.4 Å². The Bertz CT molecular complexity index is 443. The van der Waals surface area contributed by atoms with Crippen molar-refractivity contribution in [2.75, 3.05) is 10.5 Å². The topological polar surface area (TPSA) is 72.2 Å². The molecule has 0 aromatic heterocycles. The van der Waals surface area contributed by atoms with Crippen LogP contribution in [0.4, 0.5) is 11.4 Å². The molecule has 0 heterocycles. The molecule has 84 valence electrons. The summed E-state index contributed by atoms with van der Waals surface area (Å²) in [4.78, 5) is 0. The summed E-state index contributed by atoms with van der Waals surface area (Å²) in [6.45, 7) is 0. The molecule has 4 nitrogen and oxygen atoms in total. The van der Waals surface area contributed by atoms with Crippen molar-refractivity contribution in [1.29, 1.82) is 0 Å². The third-order valence-electron chi connectivity index (χ3n) is 2.11. The minimum atomic E-state index is -3.16. The number of benzene rings is 1. The van der Waals surface area contributed by atoms with E-state index in [-0.39, 0.29) is 17.7 Å². The zero-order valence-corrected chi connectivity index (χ0v) is 9.64. The quantitative estimate of drug-likeness (QED) is 0.798. The van der Waals surface area contributed by atoms with E-state index in [2.05, 4.69) is 4.72 Å². The van der Waals surface area contributed by atoms with Crippen LogP contribution in [-0.4, -0.2) is 13.7 Å². The van der Waals surface area contributed by atoms with Crippen LogP contribution in [0.1, 0.15) is 12.8 Å². The second-order valence-electron chi connectivity index (χ2n) is 3.47. The van der Waals surface area contributed by atoms with Gasteiger partial charge in [0.1, 0.15) is 0 Å². The highest BCUT2D eigenvalue weighted by Crippen LogP contribution is 2.29. The molecular weight excluding hydrogens is 236 g/mol. The molecular formula is C9H13ClN2O2S. The molecule has 0 unspecified atom stereocenters. The van der Waals surface area contributed by atoms with Crippen molar-refractivity contribution >= 4 is 33.8 Å². The number of halogens is 1. The minimum absolute atomic E-state index is 0. The predicted octanol–water partition coefficient (Wildman–Crippen LogP) is 1.59. The number of hydrogen-bond acceptors (Lipinski definition) is 3. The second-order valence-corrected chi connectivity index (χ2v) is 5.43. The highest BCUT2D eigenvalue weighted by atomic mass is 35.5. The van der Waals surface area contributed by atoms with Crippen molar-refractivity contribution in [3.05, 3.63) is 24.3 Å². The molecule has 0 aliphatic heterocycles. The lowest BCUT2D eigenvalue weighted by Crippen LogP contribution is -2.17. The summed E-state index contributed by atoms with van der Waals surface area (Å²) in [5, 5.41) is -0.205. The van der Waals surface area contributed by atoms with Gasteiger partial charge >= 0.3 is 0 Å². The Labute approximate surface area is 95.3 Å². The number of anilines is 2. The summed E-state index contributed by atoms with van der Waals surface area (Å²) in [6, 6.07) is 6.74. The van der Waals surface area contributed by atoms with E-state index < -0.39 is 10.0 Å². The molecule has 0 amide bonds. The van der Waals surface area contributed by atoms with Crippen LogP contribution < -0.4 is 10.5 Å². The number of nitrogens with two attached hydrogens (primary N) is 1. The van der Waals surface area contributed by atoms with Crippen LogP contribution in [0.25, 0.3) is 0 Å². The van der Waals surface area contributed by atoms with Gasteiger partial charge in [-0.15, -0.1) is 12.4 Å². The second kappa shape index (κ2) is 4.28. The van der Waals surface area contributed by atoms with Crippen molar-refractivity contribution in [2.24, 2.45) is 0 Å². The zero-order valence-electron chi connectivity index (χ0n) is 8.01. The van der Waals surface area contributed by atoms with E-state index in [1.54, 1.807) is 24.3 Å². The summed E-state index contributed by atoms with van der Waals surface area (Å²) in [6.07, 6.45) is 1.52. The van der Waals surface area contributed by atoms with Crippen LogP contribution in [-0.2, 0) is 10.0 Å². The van der Waals surface area contributed by atoms with E-state index in [4.69, 9.17) is 5.73 Å². The number of sulfonamides is 1. The van der Waals surface area contributed by atoms with Crippen molar-refractivity contribution < 1.29 is 8.42 Å². The van der Waals surface area contributed by atoms with Crippen LogP contribution in [0.3, 0.4) is 0 Å². The molecule has 6 heteroatoms. The fraction of sp³-hybridized carbons (Fsp3) is 0.333. The molecule has 0 saturated heterocycles. The van der Waals surface area contributed by atoms with Gasteiger partial charge in [0.15, 0.2) is 0 Å². The average Bonchev–Trinajstić information content (AvgIpc) is 2.84. The van der Waals surface area contributed by atoms with Crippen LogP contribution in [0.5, 0.6) is 0 Å². The van der Waals surface area contributed by atoms with Crippen LogP contribution in [0.2, 0.25) is 0 Å². The third-order valence-corrected chi connectivity index (χ3v) is 3.98. The molecule has 15 heavy (non-hydrogen) atoms.